The number of hydrogen-bond donors (Lipinski definition) is 1. The zero-order valence-corrected chi connectivity index (χ0v) is 16.1. The Morgan fingerprint density at radius 3 is 2.52 bits per heavy atom. The third-order valence-electron chi connectivity index (χ3n) is 5.01. The van der Waals surface area contributed by atoms with Gasteiger partial charge in [0.1, 0.15) is 0 Å². The number of carbonyl (C=O) groups is 1. The summed E-state index contributed by atoms with van der Waals surface area (Å²) in [7, 11) is 3.26. The van der Waals surface area contributed by atoms with E-state index in [9.17, 15) is 4.79 Å². The summed E-state index contributed by atoms with van der Waals surface area (Å²) in [6, 6.07) is 15.2. The smallest absolute Gasteiger partial charge is 0.251 e. The second-order valence-corrected chi connectivity index (χ2v) is 6.75. The van der Waals surface area contributed by atoms with E-state index in [0.29, 0.717) is 23.5 Å². The van der Waals surface area contributed by atoms with Gasteiger partial charge in [0.05, 0.1) is 26.4 Å². The van der Waals surface area contributed by atoms with Crippen LogP contribution in [0, 0.1) is 0 Å². The van der Waals surface area contributed by atoms with Crippen LogP contribution in [0.5, 0.6) is 11.5 Å². The number of benzene rings is 2. The molecule has 2 aromatic rings. The van der Waals surface area contributed by atoms with Gasteiger partial charge in [0.25, 0.3) is 5.91 Å². The van der Waals surface area contributed by atoms with E-state index in [4.69, 9.17) is 14.2 Å². The normalized spacial score (nSPS) is 22.1. The van der Waals surface area contributed by atoms with Crippen molar-refractivity contribution in [2.24, 2.45) is 0 Å². The molecule has 5 heteroatoms. The van der Waals surface area contributed by atoms with Gasteiger partial charge in [0.2, 0.25) is 0 Å². The van der Waals surface area contributed by atoms with Crippen molar-refractivity contribution < 1.29 is 19.0 Å². The van der Waals surface area contributed by atoms with Crippen molar-refractivity contribution >= 4 is 5.91 Å². The Bertz CT molecular complexity index is 762. The van der Waals surface area contributed by atoms with Crippen molar-refractivity contribution in [2.45, 2.75) is 44.4 Å². The van der Waals surface area contributed by atoms with E-state index in [1.54, 1.807) is 14.2 Å². The molecular weight excluding hydrogens is 342 g/mol. The van der Waals surface area contributed by atoms with Gasteiger partial charge in [-0.05, 0) is 37.5 Å². The summed E-state index contributed by atoms with van der Waals surface area (Å²) >= 11 is 0. The van der Waals surface area contributed by atoms with E-state index < -0.39 is 0 Å². The Morgan fingerprint density at radius 1 is 1.07 bits per heavy atom. The highest BCUT2D eigenvalue weighted by atomic mass is 16.5. The van der Waals surface area contributed by atoms with Gasteiger partial charge >= 0.3 is 0 Å². The molecule has 0 radical (unpaired) electrons. The van der Waals surface area contributed by atoms with E-state index in [1.165, 1.54) is 0 Å². The van der Waals surface area contributed by atoms with Crippen molar-refractivity contribution in [1.29, 1.82) is 0 Å². The number of ether oxygens (including phenoxy) is 3. The SMILES string of the molecule is CC[C@H]1C[C@@H](NC(=O)c2ccccc2)C[C@@H](c2cccc(OC)c2OC)O1. The second kappa shape index (κ2) is 8.91. The Labute approximate surface area is 160 Å². The highest BCUT2D eigenvalue weighted by Crippen LogP contribution is 2.41. The fraction of sp³-hybridized carbons (Fsp3) is 0.409. The molecule has 1 fully saturated rings. The molecule has 1 aliphatic rings. The van der Waals surface area contributed by atoms with Gasteiger partial charge in [0.15, 0.2) is 11.5 Å². The number of nitrogens with one attached hydrogen (secondary N) is 1. The van der Waals surface area contributed by atoms with Crippen LogP contribution in [0.3, 0.4) is 0 Å². The molecule has 3 atom stereocenters. The molecule has 0 unspecified atom stereocenters. The summed E-state index contributed by atoms with van der Waals surface area (Å²) in [6.07, 6.45) is 2.31. The second-order valence-electron chi connectivity index (χ2n) is 6.75. The fourth-order valence-electron chi connectivity index (χ4n) is 3.62. The van der Waals surface area contributed by atoms with Crippen molar-refractivity contribution in [3.05, 3.63) is 59.7 Å². The predicted molar refractivity (Wildman–Crippen MR) is 104 cm³/mol. The molecule has 144 valence electrons. The Balaban J connectivity index is 1.80. The third kappa shape index (κ3) is 4.42. The zero-order chi connectivity index (χ0) is 19.2. The van der Waals surface area contributed by atoms with Crippen LogP contribution in [0.1, 0.15) is 48.2 Å². The first-order valence-electron chi connectivity index (χ1n) is 9.38. The maximum atomic E-state index is 12.6. The van der Waals surface area contributed by atoms with Crippen LogP contribution in [0.15, 0.2) is 48.5 Å². The molecule has 27 heavy (non-hydrogen) atoms. The molecule has 1 saturated heterocycles. The Kier molecular flexibility index (Phi) is 6.35. The number of para-hydroxylation sites is 1. The number of amides is 1. The summed E-state index contributed by atoms with van der Waals surface area (Å²) in [6.45, 7) is 2.10. The Morgan fingerprint density at radius 2 is 1.85 bits per heavy atom. The topological polar surface area (TPSA) is 56.8 Å². The van der Waals surface area contributed by atoms with E-state index in [1.807, 2.05) is 48.5 Å². The Hall–Kier alpha value is -2.53. The molecule has 5 nitrogen and oxygen atoms in total. The van der Waals surface area contributed by atoms with Crippen molar-refractivity contribution in [2.75, 3.05) is 14.2 Å². The predicted octanol–water partition coefficient (Wildman–Crippen LogP) is 4.13. The van der Waals surface area contributed by atoms with Gasteiger partial charge in [-0.1, -0.05) is 37.3 Å². The summed E-state index contributed by atoms with van der Waals surface area (Å²) in [4.78, 5) is 12.6. The third-order valence-corrected chi connectivity index (χ3v) is 5.01. The first-order valence-corrected chi connectivity index (χ1v) is 9.38. The quantitative estimate of drug-likeness (QED) is 0.832. The first-order chi connectivity index (χ1) is 13.2. The van der Waals surface area contributed by atoms with Crippen LogP contribution >= 0.6 is 0 Å². The molecule has 3 rings (SSSR count). The molecule has 1 heterocycles. The fourth-order valence-corrected chi connectivity index (χ4v) is 3.62. The van der Waals surface area contributed by atoms with E-state index >= 15 is 0 Å². The van der Waals surface area contributed by atoms with Crippen LogP contribution in [0.4, 0.5) is 0 Å². The number of methoxy groups -OCH3 is 2. The van der Waals surface area contributed by atoms with Gasteiger partial charge in [-0.2, -0.15) is 0 Å². The summed E-state index contributed by atoms with van der Waals surface area (Å²) in [5, 5.41) is 3.17. The highest BCUT2D eigenvalue weighted by Gasteiger charge is 2.32. The lowest BCUT2D eigenvalue weighted by molar-refractivity contribution is -0.0641. The highest BCUT2D eigenvalue weighted by molar-refractivity contribution is 5.94. The minimum absolute atomic E-state index is 0.0392. The maximum absolute atomic E-state index is 12.6. The first kappa shape index (κ1) is 19.2. The van der Waals surface area contributed by atoms with Crippen molar-refractivity contribution in [3.8, 4) is 11.5 Å². The summed E-state index contributed by atoms with van der Waals surface area (Å²) < 4.78 is 17.3. The molecule has 0 bridgehead atoms. The zero-order valence-electron chi connectivity index (χ0n) is 16.1. The number of hydrogen-bond acceptors (Lipinski definition) is 4. The van der Waals surface area contributed by atoms with Crippen molar-refractivity contribution in [3.63, 3.8) is 0 Å². The minimum Gasteiger partial charge on any atom is -0.493 e. The molecule has 0 spiro atoms. The molecule has 2 aromatic carbocycles. The average molecular weight is 369 g/mol. The lowest BCUT2D eigenvalue weighted by atomic mass is 9.92. The summed E-state index contributed by atoms with van der Waals surface area (Å²) in [5.41, 5.74) is 1.63. The van der Waals surface area contributed by atoms with E-state index in [0.717, 1.165) is 18.4 Å². The standard InChI is InChI=1S/C22H27NO4/c1-4-17-13-16(23-22(24)15-9-6-5-7-10-15)14-20(27-17)18-11-8-12-19(25-2)21(18)26-3/h5-12,16-17,20H,4,13-14H2,1-3H3,(H,23,24)/t16-,17+,20+/m1/s1. The molecule has 1 aliphatic heterocycles. The molecule has 1 amide bonds. The average Bonchev–Trinajstić information content (AvgIpc) is 2.73. The lowest BCUT2D eigenvalue weighted by Gasteiger charge is -2.36. The van der Waals surface area contributed by atoms with E-state index in [2.05, 4.69) is 12.2 Å². The molecular formula is C22H27NO4. The van der Waals surface area contributed by atoms with Gasteiger partial charge in [-0.25, -0.2) is 0 Å². The molecule has 0 aromatic heterocycles. The van der Waals surface area contributed by atoms with Crippen LogP contribution in [-0.4, -0.2) is 32.3 Å². The molecule has 0 aliphatic carbocycles. The summed E-state index contributed by atoms with van der Waals surface area (Å²) in [5.74, 6) is 1.32. The lowest BCUT2D eigenvalue weighted by Crippen LogP contribution is -2.43. The van der Waals surface area contributed by atoms with Gasteiger partial charge in [-0.15, -0.1) is 0 Å². The number of carbonyl (C=O) groups excluding carboxylic acids is 1. The van der Waals surface area contributed by atoms with Gasteiger partial charge in [-0.3, -0.25) is 4.79 Å². The largest absolute Gasteiger partial charge is 0.493 e. The minimum atomic E-state index is -0.158. The maximum Gasteiger partial charge on any atom is 0.251 e. The number of rotatable bonds is 6. The van der Waals surface area contributed by atoms with Crippen LogP contribution < -0.4 is 14.8 Å². The van der Waals surface area contributed by atoms with Crippen molar-refractivity contribution in [1.82, 2.24) is 5.32 Å². The van der Waals surface area contributed by atoms with Crippen LogP contribution in [0.2, 0.25) is 0 Å². The monoisotopic (exact) mass is 369 g/mol. The van der Waals surface area contributed by atoms with Gasteiger partial charge in [0, 0.05) is 17.2 Å². The van der Waals surface area contributed by atoms with Crippen LogP contribution in [-0.2, 0) is 4.74 Å². The van der Waals surface area contributed by atoms with Crippen LogP contribution in [0.25, 0.3) is 0 Å². The molecule has 1 N–H and O–H groups in total. The molecule has 0 saturated carbocycles. The van der Waals surface area contributed by atoms with Gasteiger partial charge < -0.3 is 19.5 Å². The van der Waals surface area contributed by atoms with E-state index in [-0.39, 0.29) is 24.2 Å².